The first-order valence-corrected chi connectivity index (χ1v) is 11.1. The minimum atomic E-state index is -0.460. The van der Waals surface area contributed by atoms with Crippen LogP contribution in [0.4, 0.5) is 5.69 Å². The summed E-state index contributed by atoms with van der Waals surface area (Å²) in [5.74, 6) is -0.621. The van der Waals surface area contributed by atoms with E-state index >= 15 is 0 Å². The molecule has 0 spiro atoms. The smallest absolute Gasteiger partial charge is 0.338 e. The number of carbonyl (C=O) groups excluding carboxylic acids is 2. The van der Waals surface area contributed by atoms with E-state index in [4.69, 9.17) is 4.74 Å². The van der Waals surface area contributed by atoms with Crippen LogP contribution in [-0.2, 0) is 9.53 Å². The van der Waals surface area contributed by atoms with E-state index in [9.17, 15) is 14.4 Å². The molecule has 1 aromatic heterocycles. The van der Waals surface area contributed by atoms with Crippen LogP contribution in [0.15, 0.2) is 64.4 Å². The maximum Gasteiger partial charge on any atom is 0.338 e. The molecule has 3 rings (SSSR count). The van der Waals surface area contributed by atoms with Crippen LogP contribution in [0.1, 0.15) is 35.3 Å². The van der Waals surface area contributed by atoms with Gasteiger partial charge < -0.3 is 10.1 Å². The van der Waals surface area contributed by atoms with E-state index in [2.05, 4.69) is 10.4 Å². The molecule has 166 valence electrons. The standard InChI is InChI=1S/C24H25N3O4S/c1-5-31-24(30)18-7-9-19(10-8-18)25-23(29)17(4)32-21-12-13-22(28)27(26-21)20-11-6-15(2)16(3)14-20/h6-14,17H,5H2,1-4H3,(H,25,29)/t17-/m1/s1. The number of aryl methyl sites for hydroxylation is 2. The normalized spacial score (nSPS) is 11.6. The molecule has 1 atom stereocenters. The Kier molecular flexibility index (Phi) is 7.48. The Morgan fingerprint density at radius 3 is 2.44 bits per heavy atom. The Morgan fingerprint density at radius 2 is 1.78 bits per heavy atom. The monoisotopic (exact) mass is 451 g/mol. The average Bonchev–Trinajstić information content (AvgIpc) is 2.77. The Hall–Kier alpha value is -3.39. The lowest BCUT2D eigenvalue weighted by Crippen LogP contribution is -2.24. The van der Waals surface area contributed by atoms with Crippen molar-refractivity contribution in [3.8, 4) is 5.69 Å². The number of nitrogens with one attached hydrogen (secondary N) is 1. The molecule has 0 aliphatic heterocycles. The van der Waals surface area contributed by atoms with Crippen LogP contribution in [0.2, 0.25) is 0 Å². The molecule has 0 radical (unpaired) electrons. The van der Waals surface area contributed by atoms with Crippen LogP contribution < -0.4 is 10.9 Å². The largest absolute Gasteiger partial charge is 0.462 e. The lowest BCUT2D eigenvalue weighted by Gasteiger charge is -2.13. The van der Waals surface area contributed by atoms with Gasteiger partial charge in [-0.1, -0.05) is 17.8 Å². The van der Waals surface area contributed by atoms with Crippen molar-refractivity contribution in [3.05, 3.63) is 81.6 Å². The summed E-state index contributed by atoms with van der Waals surface area (Å²) in [6.45, 7) is 7.80. The number of esters is 1. The van der Waals surface area contributed by atoms with Gasteiger partial charge in [0.25, 0.3) is 5.56 Å². The fourth-order valence-electron chi connectivity index (χ4n) is 2.88. The summed E-state index contributed by atoms with van der Waals surface area (Å²) in [6.07, 6.45) is 0. The summed E-state index contributed by atoms with van der Waals surface area (Å²) in [5.41, 5.74) is 3.63. The fourth-order valence-corrected chi connectivity index (χ4v) is 3.69. The third-order valence-corrected chi connectivity index (χ3v) is 5.87. The van der Waals surface area contributed by atoms with E-state index in [0.717, 1.165) is 11.1 Å². The topological polar surface area (TPSA) is 90.3 Å². The number of amides is 1. The van der Waals surface area contributed by atoms with Gasteiger partial charge in [-0.2, -0.15) is 9.78 Å². The number of carbonyl (C=O) groups is 2. The van der Waals surface area contributed by atoms with Crippen molar-refractivity contribution in [2.24, 2.45) is 0 Å². The van der Waals surface area contributed by atoms with Gasteiger partial charge in [-0.15, -0.1) is 0 Å². The number of hydrogen-bond acceptors (Lipinski definition) is 6. The molecule has 32 heavy (non-hydrogen) atoms. The van der Waals surface area contributed by atoms with E-state index in [-0.39, 0.29) is 11.5 Å². The molecule has 1 N–H and O–H groups in total. The van der Waals surface area contributed by atoms with Gasteiger partial charge >= 0.3 is 5.97 Å². The maximum atomic E-state index is 12.6. The Labute approximate surface area is 190 Å². The molecule has 1 heterocycles. The lowest BCUT2D eigenvalue weighted by molar-refractivity contribution is -0.115. The van der Waals surface area contributed by atoms with E-state index in [1.54, 1.807) is 44.2 Å². The minimum Gasteiger partial charge on any atom is -0.462 e. The molecule has 0 fully saturated rings. The third-order valence-electron chi connectivity index (χ3n) is 4.84. The molecule has 0 saturated carbocycles. The van der Waals surface area contributed by atoms with Crippen molar-refractivity contribution in [1.29, 1.82) is 0 Å². The van der Waals surface area contributed by atoms with Gasteiger partial charge in [-0.3, -0.25) is 9.59 Å². The van der Waals surface area contributed by atoms with E-state index in [1.165, 1.54) is 22.5 Å². The summed E-state index contributed by atoms with van der Waals surface area (Å²) >= 11 is 1.25. The number of ether oxygens (including phenoxy) is 1. The predicted octanol–water partition coefficient (Wildman–Crippen LogP) is 4.15. The molecule has 1 amide bonds. The molecular weight excluding hydrogens is 426 g/mol. The highest BCUT2D eigenvalue weighted by molar-refractivity contribution is 8.00. The number of nitrogens with zero attached hydrogens (tertiary/aromatic N) is 2. The second kappa shape index (κ2) is 10.3. The first-order chi connectivity index (χ1) is 15.3. The number of aromatic nitrogens is 2. The Bertz CT molecular complexity index is 1190. The highest BCUT2D eigenvalue weighted by Crippen LogP contribution is 2.22. The first-order valence-electron chi connectivity index (χ1n) is 10.2. The van der Waals surface area contributed by atoms with Gasteiger partial charge in [0.2, 0.25) is 5.91 Å². The van der Waals surface area contributed by atoms with Crippen molar-refractivity contribution < 1.29 is 14.3 Å². The average molecular weight is 452 g/mol. The number of anilines is 1. The van der Waals surface area contributed by atoms with Crippen LogP contribution >= 0.6 is 11.8 Å². The summed E-state index contributed by atoms with van der Waals surface area (Å²) in [7, 11) is 0. The van der Waals surface area contributed by atoms with Crippen molar-refractivity contribution in [2.45, 2.75) is 38.0 Å². The zero-order valence-corrected chi connectivity index (χ0v) is 19.2. The second-order valence-corrected chi connectivity index (χ2v) is 8.60. The van der Waals surface area contributed by atoms with E-state index < -0.39 is 11.2 Å². The van der Waals surface area contributed by atoms with Crippen molar-refractivity contribution in [2.75, 3.05) is 11.9 Å². The highest BCUT2D eigenvalue weighted by atomic mass is 32.2. The quantitative estimate of drug-likeness (QED) is 0.429. The summed E-state index contributed by atoms with van der Waals surface area (Å²) in [6, 6.07) is 15.3. The van der Waals surface area contributed by atoms with Gasteiger partial charge in [0, 0.05) is 11.8 Å². The van der Waals surface area contributed by atoms with E-state index in [1.807, 2.05) is 32.0 Å². The molecular formula is C24H25N3O4S. The molecule has 8 heteroatoms. The number of hydrogen-bond donors (Lipinski definition) is 1. The number of thioether (sulfide) groups is 1. The maximum absolute atomic E-state index is 12.6. The van der Waals surface area contributed by atoms with Crippen LogP contribution in [0.3, 0.4) is 0 Å². The molecule has 0 bridgehead atoms. The van der Waals surface area contributed by atoms with Crippen molar-refractivity contribution in [1.82, 2.24) is 9.78 Å². The first kappa shape index (κ1) is 23.3. The highest BCUT2D eigenvalue weighted by Gasteiger charge is 2.17. The van der Waals surface area contributed by atoms with Crippen LogP contribution in [0, 0.1) is 13.8 Å². The Morgan fingerprint density at radius 1 is 1.06 bits per heavy atom. The number of rotatable bonds is 7. The van der Waals surface area contributed by atoms with Gasteiger partial charge in [0.15, 0.2) is 0 Å². The predicted molar refractivity (Wildman–Crippen MR) is 126 cm³/mol. The lowest BCUT2D eigenvalue weighted by atomic mass is 10.1. The van der Waals surface area contributed by atoms with Crippen molar-refractivity contribution in [3.63, 3.8) is 0 Å². The zero-order valence-electron chi connectivity index (χ0n) is 18.4. The Balaban J connectivity index is 1.69. The molecule has 7 nitrogen and oxygen atoms in total. The van der Waals surface area contributed by atoms with Gasteiger partial charge in [-0.05, 0) is 81.3 Å². The van der Waals surface area contributed by atoms with Gasteiger partial charge in [0.05, 0.1) is 23.1 Å². The summed E-state index contributed by atoms with van der Waals surface area (Å²) in [4.78, 5) is 36.7. The van der Waals surface area contributed by atoms with Crippen molar-refractivity contribution >= 4 is 29.3 Å². The third kappa shape index (κ3) is 5.64. The van der Waals surface area contributed by atoms with Crippen LogP contribution in [0.25, 0.3) is 5.69 Å². The van der Waals surface area contributed by atoms with E-state index in [0.29, 0.717) is 28.6 Å². The molecule has 0 aliphatic carbocycles. The van der Waals surface area contributed by atoms with Crippen LogP contribution in [-0.4, -0.2) is 33.5 Å². The molecule has 0 saturated heterocycles. The van der Waals surface area contributed by atoms with Gasteiger partial charge in [0.1, 0.15) is 5.03 Å². The summed E-state index contributed by atoms with van der Waals surface area (Å²) in [5, 5.41) is 7.35. The molecule has 3 aromatic rings. The summed E-state index contributed by atoms with van der Waals surface area (Å²) < 4.78 is 6.30. The zero-order chi connectivity index (χ0) is 23.3. The minimum absolute atomic E-state index is 0.218. The second-order valence-electron chi connectivity index (χ2n) is 7.24. The molecule has 0 unspecified atom stereocenters. The van der Waals surface area contributed by atoms with Crippen LogP contribution in [0.5, 0.6) is 0 Å². The SMILES string of the molecule is CCOC(=O)c1ccc(NC(=O)[C@@H](C)Sc2ccc(=O)n(-c3ccc(C)c(C)c3)n2)cc1. The number of benzene rings is 2. The molecule has 2 aromatic carbocycles. The fraction of sp³-hybridized carbons (Fsp3) is 0.250. The molecule has 0 aliphatic rings. The van der Waals surface area contributed by atoms with Gasteiger partial charge in [-0.25, -0.2) is 4.79 Å².